The van der Waals surface area contributed by atoms with Crippen LogP contribution in [0.15, 0.2) is 353 Å². The maximum absolute atomic E-state index is 6.63. The quantitative estimate of drug-likeness (QED) is 0.141. The van der Waals surface area contributed by atoms with Crippen LogP contribution in [0.2, 0.25) is 0 Å². The van der Waals surface area contributed by atoms with Gasteiger partial charge in [0.1, 0.15) is 22.3 Å². The van der Waals surface area contributed by atoms with E-state index in [9.17, 15) is 0 Å². The molecule has 0 spiro atoms. The zero-order valence-electron chi connectivity index (χ0n) is 54.4. The predicted octanol–water partition coefficient (Wildman–Crippen LogP) is 24.0. The van der Waals surface area contributed by atoms with Crippen LogP contribution in [0.5, 0.6) is 0 Å². The summed E-state index contributed by atoms with van der Waals surface area (Å²) < 4.78 is 16.3. The van der Waals surface area contributed by atoms with Crippen molar-refractivity contribution >= 4 is 81.6 Å². The van der Waals surface area contributed by atoms with Gasteiger partial charge in [0.15, 0.2) is 34.9 Å². The number of nitrogens with zero attached hydrogens (tertiary/aromatic N) is 7. The second-order valence-corrected chi connectivity index (χ2v) is 25.9. The van der Waals surface area contributed by atoms with Gasteiger partial charge in [-0.15, -0.1) is 0 Å². The molecule has 0 atom stereocenters. The van der Waals surface area contributed by atoms with Crippen LogP contribution in [-0.4, -0.2) is 34.5 Å². The van der Waals surface area contributed by atoms with Crippen LogP contribution in [0.25, 0.3) is 173 Å². The number of hydrogen-bond acceptors (Lipinski definition) is 8. The van der Waals surface area contributed by atoms with Gasteiger partial charge < -0.3 is 13.4 Å². The van der Waals surface area contributed by atoms with Crippen LogP contribution >= 0.6 is 15.9 Å². The Morgan fingerprint density at radius 3 is 1.18 bits per heavy atom. The first-order valence-corrected chi connectivity index (χ1v) is 34.4. The number of aromatic nitrogens is 7. The SMILES string of the molecule is Brc1ccc2oc3c(-c4nc(-c5ccccc5)nc(-c5ccccc5)n4)cccc3c2c1.c1ccc(-c2ccc3c(c2)-c2ccccc2C3)cc1.c1ccc(-c2ccc3c(c2)c2ccccc2n3-c2ccc3oc4c(-c5nc(-c6ccccc6)nc(-c6ccccc6)n5)cccc4c3c2)cc1. The zero-order chi connectivity index (χ0) is 67.2. The molecule has 0 saturated heterocycles. The Morgan fingerprint density at radius 2 is 0.644 bits per heavy atom. The zero-order valence-corrected chi connectivity index (χ0v) is 55.9. The Bertz CT molecular complexity index is 6190. The van der Waals surface area contributed by atoms with Gasteiger partial charge in [-0.3, -0.25) is 0 Å². The molecule has 20 rings (SSSR count). The Morgan fingerprint density at radius 1 is 0.248 bits per heavy atom. The minimum absolute atomic E-state index is 0.569. The molecule has 9 nitrogen and oxygen atoms in total. The van der Waals surface area contributed by atoms with Crippen molar-refractivity contribution < 1.29 is 8.83 Å². The molecular weight excluding hydrogens is 1300 g/mol. The summed E-state index contributed by atoms with van der Waals surface area (Å²) in [6.07, 6.45) is 1.07. The fraction of sp³-hybridized carbons (Fsp3) is 0.0110. The minimum atomic E-state index is 0.569. The molecule has 5 aromatic heterocycles. The van der Waals surface area contributed by atoms with E-state index in [0.29, 0.717) is 34.9 Å². The number of halogens is 1. The van der Waals surface area contributed by atoms with E-state index >= 15 is 0 Å². The van der Waals surface area contributed by atoms with Crippen LogP contribution in [0.4, 0.5) is 0 Å². The van der Waals surface area contributed by atoms with Crippen LogP contribution in [0.1, 0.15) is 11.1 Å². The molecule has 0 N–H and O–H groups in total. The lowest BCUT2D eigenvalue weighted by molar-refractivity contribution is 0.669. The van der Waals surface area contributed by atoms with Crippen molar-refractivity contribution in [3.05, 3.63) is 355 Å². The van der Waals surface area contributed by atoms with Crippen LogP contribution < -0.4 is 0 Å². The Kier molecular flexibility index (Phi) is 15.6. The van der Waals surface area contributed by atoms with Crippen molar-refractivity contribution in [2.45, 2.75) is 6.42 Å². The number of furan rings is 2. The largest absolute Gasteiger partial charge is 0.455 e. The summed E-state index contributed by atoms with van der Waals surface area (Å²) in [6, 6.07) is 117. The molecule has 14 aromatic carbocycles. The highest BCUT2D eigenvalue weighted by Gasteiger charge is 2.23. The first-order chi connectivity index (χ1) is 50.0. The van der Waals surface area contributed by atoms with E-state index in [-0.39, 0.29) is 0 Å². The molecule has 5 heterocycles. The van der Waals surface area contributed by atoms with Crippen LogP contribution in [0, 0.1) is 0 Å². The maximum Gasteiger partial charge on any atom is 0.167 e. The number of fused-ring (bicyclic) bond motifs is 12. The molecule has 1 aliphatic carbocycles. The van der Waals surface area contributed by atoms with E-state index in [1.165, 1.54) is 55.3 Å². The Balaban J connectivity index is 0.000000122. The summed E-state index contributed by atoms with van der Waals surface area (Å²) in [6.45, 7) is 0. The second kappa shape index (κ2) is 26.1. The number of hydrogen-bond donors (Lipinski definition) is 0. The average molecular weight is 1360 g/mol. The normalized spacial score (nSPS) is 11.6. The van der Waals surface area contributed by atoms with Gasteiger partial charge in [-0.1, -0.05) is 283 Å². The predicted molar refractivity (Wildman–Crippen MR) is 414 cm³/mol. The van der Waals surface area contributed by atoms with E-state index in [1.54, 1.807) is 0 Å². The van der Waals surface area contributed by atoms with Crippen molar-refractivity contribution in [3.63, 3.8) is 0 Å². The van der Waals surface area contributed by atoms with Gasteiger partial charge in [-0.25, -0.2) is 29.9 Å². The third-order valence-electron chi connectivity index (χ3n) is 18.8. The van der Waals surface area contributed by atoms with Crippen LogP contribution in [0.3, 0.4) is 0 Å². The summed E-state index contributed by atoms with van der Waals surface area (Å²) in [5.41, 5.74) is 22.6. The molecule has 0 aliphatic heterocycles. The summed E-state index contributed by atoms with van der Waals surface area (Å²) in [5, 5.41) is 6.57. The summed E-state index contributed by atoms with van der Waals surface area (Å²) in [5.74, 6) is 3.65. The van der Waals surface area contributed by atoms with Gasteiger partial charge >= 0.3 is 0 Å². The van der Waals surface area contributed by atoms with Crippen molar-refractivity contribution in [3.8, 4) is 107 Å². The molecule has 10 heteroatoms. The van der Waals surface area contributed by atoms with E-state index in [0.717, 1.165) is 105 Å². The van der Waals surface area contributed by atoms with Gasteiger partial charge in [-0.2, -0.15) is 0 Å². The lowest BCUT2D eigenvalue weighted by atomic mass is 9.99. The average Bonchev–Trinajstić information content (AvgIpc) is 1.60. The third-order valence-corrected chi connectivity index (χ3v) is 19.3. The van der Waals surface area contributed by atoms with Gasteiger partial charge in [0.05, 0.1) is 22.2 Å². The number of benzene rings is 14. The van der Waals surface area contributed by atoms with Crippen molar-refractivity contribution in [1.82, 2.24) is 34.5 Å². The van der Waals surface area contributed by atoms with Crippen molar-refractivity contribution in [2.75, 3.05) is 0 Å². The Labute approximate surface area is 590 Å². The highest BCUT2D eigenvalue weighted by molar-refractivity contribution is 9.10. The highest BCUT2D eigenvalue weighted by atomic mass is 79.9. The molecular formula is C91H58BrN7O2. The van der Waals surface area contributed by atoms with Gasteiger partial charge in [0.25, 0.3) is 0 Å². The Hall–Kier alpha value is -13.0. The van der Waals surface area contributed by atoms with E-state index in [1.807, 2.05) is 152 Å². The highest BCUT2D eigenvalue weighted by Crippen LogP contribution is 2.43. The van der Waals surface area contributed by atoms with E-state index in [2.05, 4.69) is 209 Å². The van der Waals surface area contributed by atoms with Gasteiger partial charge in [0, 0.05) is 64.7 Å². The molecule has 0 amide bonds. The van der Waals surface area contributed by atoms with E-state index in [4.69, 9.17) is 38.7 Å². The topological polar surface area (TPSA) is 109 Å². The molecule has 19 aromatic rings. The molecule has 476 valence electrons. The van der Waals surface area contributed by atoms with Gasteiger partial charge in [0.2, 0.25) is 0 Å². The summed E-state index contributed by atoms with van der Waals surface area (Å²) in [4.78, 5) is 29.3. The lowest BCUT2D eigenvalue weighted by Gasteiger charge is -2.09. The van der Waals surface area contributed by atoms with Crippen LogP contribution in [-0.2, 0) is 6.42 Å². The number of rotatable bonds is 9. The number of para-hydroxylation sites is 3. The molecule has 101 heavy (non-hydrogen) atoms. The first kappa shape index (κ1) is 60.4. The molecule has 0 radical (unpaired) electrons. The van der Waals surface area contributed by atoms with Crippen molar-refractivity contribution in [2.24, 2.45) is 0 Å². The fourth-order valence-electron chi connectivity index (χ4n) is 13.9. The smallest absolute Gasteiger partial charge is 0.167 e. The third kappa shape index (κ3) is 11.6. The summed E-state index contributed by atoms with van der Waals surface area (Å²) in [7, 11) is 0. The molecule has 1 aliphatic rings. The molecule has 0 fully saturated rings. The van der Waals surface area contributed by atoms with Gasteiger partial charge in [-0.05, 0) is 124 Å². The molecule has 0 bridgehead atoms. The molecule has 0 unspecified atom stereocenters. The summed E-state index contributed by atoms with van der Waals surface area (Å²) >= 11 is 3.56. The second-order valence-electron chi connectivity index (χ2n) is 25.0. The lowest BCUT2D eigenvalue weighted by Crippen LogP contribution is -2.00. The minimum Gasteiger partial charge on any atom is -0.455 e. The van der Waals surface area contributed by atoms with E-state index < -0.39 is 0 Å². The van der Waals surface area contributed by atoms with Crippen molar-refractivity contribution in [1.29, 1.82) is 0 Å². The first-order valence-electron chi connectivity index (χ1n) is 33.6. The standard InChI is InChI=1S/C45H28N4O.C27H16BrN3O.C19H14/c1-4-13-29(14-5-1)32-23-25-40-37(27-32)34-19-10-11-22-39(34)49(40)33-24-26-41-38(28-33)35-20-12-21-36(42(35)50-41)45-47-43(30-15-6-2-7-16-30)46-44(48-45)31-17-8-3-9-18-31;28-19-14-15-23-22(16-19)20-12-7-13-21(24(20)32-23)27-30-25(17-8-3-1-4-9-17)29-26(31-27)18-10-5-2-6-11-18;1-2-6-14(7-3-1)15-10-11-17-12-16-8-4-5-9-18(16)19(17)13-15/h1-28H;1-16H;1-11,13H,12H2. The monoisotopic (exact) mass is 1360 g/mol. The molecule has 0 saturated carbocycles. The maximum atomic E-state index is 6.63. The fourth-order valence-corrected chi connectivity index (χ4v) is 14.3.